The first-order valence-corrected chi connectivity index (χ1v) is 7.25. The van der Waals surface area contributed by atoms with Gasteiger partial charge in [-0.25, -0.2) is 17.1 Å². The smallest absolute Gasteiger partial charge is 0.244 e. The Kier molecular flexibility index (Phi) is 4.70. The van der Waals surface area contributed by atoms with Crippen LogP contribution in [0, 0.1) is 11.7 Å². The summed E-state index contributed by atoms with van der Waals surface area (Å²) in [6, 6.07) is 3.81. The molecular weight excluding hydrogens is 255 g/mol. The van der Waals surface area contributed by atoms with Crippen molar-refractivity contribution in [2.24, 2.45) is 5.92 Å². The van der Waals surface area contributed by atoms with E-state index in [0.717, 1.165) is 12.5 Å². The Balaban J connectivity index is 3.10. The Labute approximate surface area is 108 Å². The number of hydrogen-bond donors (Lipinski definition) is 1. The fourth-order valence-electron chi connectivity index (χ4n) is 1.58. The van der Waals surface area contributed by atoms with Gasteiger partial charge in [-0.3, -0.25) is 0 Å². The normalized spacial score (nSPS) is 13.8. The Morgan fingerprint density at radius 3 is 2.61 bits per heavy atom. The molecule has 1 aromatic rings. The predicted octanol–water partition coefficient (Wildman–Crippen LogP) is 2.07. The van der Waals surface area contributed by atoms with Gasteiger partial charge in [-0.1, -0.05) is 26.3 Å². The van der Waals surface area contributed by atoms with Crippen LogP contribution in [-0.4, -0.2) is 26.3 Å². The molecule has 1 rings (SSSR count). The van der Waals surface area contributed by atoms with Crippen molar-refractivity contribution in [1.82, 2.24) is 4.31 Å². The molecule has 1 unspecified atom stereocenters. The molecule has 0 heterocycles. The van der Waals surface area contributed by atoms with Gasteiger partial charge in [0, 0.05) is 13.6 Å². The lowest BCUT2D eigenvalue weighted by atomic mass is 10.1. The van der Waals surface area contributed by atoms with Gasteiger partial charge in [-0.2, -0.15) is 0 Å². The van der Waals surface area contributed by atoms with Gasteiger partial charge in [0.25, 0.3) is 0 Å². The lowest BCUT2D eigenvalue weighted by Crippen LogP contribution is -2.31. The van der Waals surface area contributed by atoms with Crippen molar-refractivity contribution in [1.29, 1.82) is 0 Å². The molecule has 102 valence electrons. The fourth-order valence-corrected chi connectivity index (χ4v) is 2.99. The monoisotopic (exact) mass is 274 g/mol. The second kappa shape index (κ2) is 5.67. The van der Waals surface area contributed by atoms with E-state index in [4.69, 9.17) is 5.73 Å². The van der Waals surface area contributed by atoms with Crippen molar-refractivity contribution >= 4 is 15.7 Å². The van der Waals surface area contributed by atoms with E-state index in [1.54, 1.807) is 0 Å². The summed E-state index contributed by atoms with van der Waals surface area (Å²) in [5.74, 6) is -0.479. The zero-order chi connectivity index (χ0) is 13.9. The molecule has 6 heteroatoms. The summed E-state index contributed by atoms with van der Waals surface area (Å²) in [5.41, 5.74) is 5.16. The van der Waals surface area contributed by atoms with Crippen LogP contribution < -0.4 is 5.73 Å². The van der Waals surface area contributed by atoms with Crippen molar-refractivity contribution in [2.75, 3.05) is 19.3 Å². The summed E-state index contributed by atoms with van der Waals surface area (Å²) in [7, 11) is -2.25. The number of rotatable bonds is 5. The van der Waals surface area contributed by atoms with Crippen LogP contribution >= 0.6 is 0 Å². The molecule has 0 aromatic heterocycles. The van der Waals surface area contributed by atoms with Crippen LogP contribution in [0.4, 0.5) is 10.1 Å². The van der Waals surface area contributed by atoms with Gasteiger partial charge in [0.05, 0.1) is 5.69 Å². The fraction of sp³-hybridized carbons (Fsp3) is 0.500. The summed E-state index contributed by atoms with van der Waals surface area (Å²) in [4.78, 5) is -0.173. The highest BCUT2D eigenvalue weighted by molar-refractivity contribution is 7.89. The third kappa shape index (κ3) is 3.00. The van der Waals surface area contributed by atoms with Crippen LogP contribution in [-0.2, 0) is 10.0 Å². The maximum atomic E-state index is 13.3. The molecule has 0 spiro atoms. The van der Waals surface area contributed by atoms with Gasteiger partial charge in [0.2, 0.25) is 10.0 Å². The van der Waals surface area contributed by atoms with Crippen LogP contribution in [0.1, 0.15) is 20.3 Å². The van der Waals surface area contributed by atoms with Crippen molar-refractivity contribution in [2.45, 2.75) is 25.2 Å². The molecule has 1 aromatic carbocycles. The average Bonchev–Trinajstić information content (AvgIpc) is 2.32. The summed E-state index contributed by atoms with van der Waals surface area (Å²) in [6.07, 6.45) is 0.874. The van der Waals surface area contributed by atoms with Crippen LogP contribution in [0.2, 0.25) is 0 Å². The molecule has 0 amide bonds. The Morgan fingerprint density at radius 1 is 1.44 bits per heavy atom. The molecular formula is C12H19FN2O2S. The largest absolute Gasteiger partial charge is 0.395 e. The third-order valence-corrected chi connectivity index (χ3v) is 4.85. The molecule has 0 saturated heterocycles. The molecule has 0 saturated carbocycles. The van der Waals surface area contributed by atoms with E-state index in [2.05, 4.69) is 0 Å². The number of sulfonamides is 1. The van der Waals surface area contributed by atoms with E-state index in [-0.39, 0.29) is 16.5 Å². The Morgan fingerprint density at radius 2 is 2.06 bits per heavy atom. The maximum Gasteiger partial charge on any atom is 0.244 e. The van der Waals surface area contributed by atoms with Gasteiger partial charge >= 0.3 is 0 Å². The number of hydrogen-bond acceptors (Lipinski definition) is 3. The lowest BCUT2D eigenvalue weighted by molar-refractivity contribution is 0.393. The number of nitrogens with two attached hydrogens (primary N) is 1. The summed E-state index contributed by atoms with van der Waals surface area (Å²) < 4.78 is 39.0. The van der Waals surface area contributed by atoms with Gasteiger partial charge in [-0.15, -0.1) is 0 Å². The van der Waals surface area contributed by atoms with E-state index in [9.17, 15) is 12.8 Å². The second-order valence-electron chi connectivity index (χ2n) is 4.45. The first-order chi connectivity index (χ1) is 8.30. The lowest BCUT2D eigenvalue weighted by Gasteiger charge is -2.21. The Hall–Kier alpha value is -1.14. The first kappa shape index (κ1) is 14.9. The van der Waals surface area contributed by atoms with Crippen molar-refractivity contribution in [3.05, 3.63) is 24.0 Å². The summed E-state index contributed by atoms with van der Waals surface area (Å²) >= 11 is 0. The molecule has 4 nitrogen and oxygen atoms in total. The van der Waals surface area contributed by atoms with E-state index in [1.165, 1.54) is 23.5 Å². The number of nitrogen functional groups attached to an aromatic ring is 1. The van der Waals surface area contributed by atoms with Crippen LogP contribution in [0.5, 0.6) is 0 Å². The van der Waals surface area contributed by atoms with Crippen molar-refractivity contribution in [3.63, 3.8) is 0 Å². The van der Waals surface area contributed by atoms with Crippen LogP contribution in [0.25, 0.3) is 0 Å². The number of para-hydroxylation sites is 1. The van der Waals surface area contributed by atoms with Crippen molar-refractivity contribution < 1.29 is 12.8 Å². The second-order valence-corrected chi connectivity index (χ2v) is 6.46. The van der Waals surface area contributed by atoms with Gasteiger partial charge in [0.1, 0.15) is 10.7 Å². The highest BCUT2D eigenvalue weighted by atomic mass is 32.2. The predicted molar refractivity (Wildman–Crippen MR) is 70.1 cm³/mol. The number of anilines is 1. The Bertz CT molecular complexity index is 517. The SMILES string of the molecule is CCC(C)CN(C)S(=O)(=O)c1cccc(F)c1N. The molecule has 2 N–H and O–H groups in total. The van der Waals surface area contributed by atoms with E-state index in [1.807, 2.05) is 13.8 Å². The first-order valence-electron chi connectivity index (χ1n) is 5.81. The number of benzene rings is 1. The highest BCUT2D eigenvalue weighted by Crippen LogP contribution is 2.24. The van der Waals surface area contributed by atoms with Crippen LogP contribution in [0.15, 0.2) is 23.1 Å². The quantitative estimate of drug-likeness (QED) is 0.836. The van der Waals surface area contributed by atoms with Gasteiger partial charge in [-0.05, 0) is 18.1 Å². The van der Waals surface area contributed by atoms with E-state index >= 15 is 0 Å². The van der Waals surface area contributed by atoms with Crippen molar-refractivity contribution in [3.8, 4) is 0 Å². The highest BCUT2D eigenvalue weighted by Gasteiger charge is 2.25. The summed E-state index contributed by atoms with van der Waals surface area (Å²) in [5, 5.41) is 0. The third-order valence-electron chi connectivity index (χ3n) is 2.97. The molecule has 0 radical (unpaired) electrons. The molecule has 0 aliphatic heterocycles. The van der Waals surface area contributed by atoms with Gasteiger partial charge in [0.15, 0.2) is 0 Å². The molecule has 0 aliphatic rings. The topological polar surface area (TPSA) is 63.4 Å². The maximum absolute atomic E-state index is 13.3. The zero-order valence-corrected chi connectivity index (χ0v) is 11.7. The molecule has 0 aliphatic carbocycles. The molecule has 18 heavy (non-hydrogen) atoms. The summed E-state index contributed by atoms with van der Waals surface area (Å²) in [6.45, 7) is 4.33. The van der Waals surface area contributed by atoms with Gasteiger partial charge < -0.3 is 5.73 Å². The standard InChI is InChI=1S/C12H19FN2O2S/c1-4-9(2)8-15(3)18(16,17)11-7-5-6-10(13)12(11)14/h5-7,9H,4,8,14H2,1-3H3. The van der Waals surface area contributed by atoms with Crippen LogP contribution in [0.3, 0.4) is 0 Å². The minimum Gasteiger partial charge on any atom is -0.395 e. The average molecular weight is 274 g/mol. The zero-order valence-electron chi connectivity index (χ0n) is 10.9. The molecule has 0 fully saturated rings. The minimum absolute atomic E-state index is 0.173. The number of nitrogens with zero attached hydrogens (tertiary/aromatic N) is 1. The number of halogens is 1. The van der Waals surface area contributed by atoms with E-state index < -0.39 is 15.8 Å². The van der Waals surface area contributed by atoms with E-state index in [0.29, 0.717) is 6.54 Å². The molecule has 1 atom stereocenters. The molecule has 0 bridgehead atoms. The minimum atomic E-state index is -3.73.